The van der Waals surface area contributed by atoms with Gasteiger partial charge < -0.3 is 0 Å². The topological polar surface area (TPSA) is 17.1 Å². The fraction of sp³-hybridized carbons (Fsp3) is 0.133. The Morgan fingerprint density at radius 3 is 2.94 bits per heavy atom. The summed E-state index contributed by atoms with van der Waals surface area (Å²) < 4.78 is 0. The van der Waals surface area contributed by atoms with Gasteiger partial charge in [0.05, 0.1) is 0 Å². The van der Waals surface area contributed by atoms with Crippen molar-refractivity contribution >= 4 is 5.78 Å². The highest BCUT2D eigenvalue weighted by atomic mass is 16.1. The largest absolute Gasteiger partial charge is 0.289 e. The van der Waals surface area contributed by atoms with Gasteiger partial charge in [-0.25, -0.2) is 0 Å². The molecule has 0 aromatic heterocycles. The summed E-state index contributed by atoms with van der Waals surface area (Å²) >= 11 is 0. The average Bonchev–Trinajstić information content (AvgIpc) is 2.58. The average molecular weight is 212 g/mol. The summed E-state index contributed by atoms with van der Waals surface area (Å²) in [7, 11) is 0. The third-order valence-corrected chi connectivity index (χ3v) is 2.21. The molecule has 0 N–H and O–H groups in total. The molecule has 0 aliphatic heterocycles. The lowest BCUT2D eigenvalue weighted by Crippen LogP contribution is -2.02. The molecule has 0 heterocycles. The zero-order valence-electron chi connectivity index (χ0n) is 9.52. The molecule has 82 valence electrons. The molecule has 0 saturated carbocycles. The molecule has 1 nitrogen and oxygen atoms in total. The van der Waals surface area contributed by atoms with Crippen LogP contribution in [0, 0.1) is 0 Å². The second-order valence-electron chi connectivity index (χ2n) is 3.36. The van der Waals surface area contributed by atoms with Crippen LogP contribution in [-0.4, -0.2) is 5.78 Å². The molecule has 1 aliphatic rings. The van der Waals surface area contributed by atoms with Crippen molar-refractivity contribution < 1.29 is 4.79 Å². The molecular formula is C15H16O. The number of Topliss-reactive ketones (excluding diaryl/α,β-unsaturated/α-hetero) is 1. The molecule has 0 bridgehead atoms. The molecule has 1 aliphatic carbocycles. The number of carbonyl (C=O) groups is 1. The monoisotopic (exact) mass is 212 g/mol. The SMILES string of the molecule is C=C/C(=C\C=C/C)C(=O)C1=CCC=CC=C1. The van der Waals surface area contributed by atoms with Crippen molar-refractivity contribution in [3.63, 3.8) is 0 Å². The molecule has 16 heavy (non-hydrogen) atoms. The smallest absolute Gasteiger partial charge is 0.192 e. The van der Waals surface area contributed by atoms with Crippen LogP contribution < -0.4 is 0 Å². The van der Waals surface area contributed by atoms with E-state index >= 15 is 0 Å². The van der Waals surface area contributed by atoms with E-state index in [1.54, 1.807) is 12.2 Å². The number of ketones is 1. The number of carbonyl (C=O) groups excluding carboxylic acids is 1. The molecule has 0 atom stereocenters. The predicted octanol–water partition coefficient (Wildman–Crippen LogP) is 3.69. The van der Waals surface area contributed by atoms with E-state index in [0.717, 1.165) is 12.0 Å². The standard InChI is InChI=1S/C15H16O/c1-3-5-10-13(4-2)15(16)14-11-8-6-7-9-12-14/h3-8,10-12H,2,9H2,1H3/b5-3-,13-10+. The van der Waals surface area contributed by atoms with E-state index in [2.05, 4.69) is 6.58 Å². The summed E-state index contributed by atoms with van der Waals surface area (Å²) in [4.78, 5) is 12.1. The Morgan fingerprint density at radius 2 is 2.25 bits per heavy atom. The van der Waals surface area contributed by atoms with Gasteiger partial charge in [-0.1, -0.05) is 61.3 Å². The van der Waals surface area contributed by atoms with E-state index in [1.165, 1.54) is 0 Å². The first kappa shape index (κ1) is 12.2. The molecule has 0 amide bonds. The lowest BCUT2D eigenvalue weighted by Gasteiger charge is -2.01. The summed E-state index contributed by atoms with van der Waals surface area (Å²) in [5.74, 6) is 0.0213. The van der Waals surface area contributed by atoms with Crippen molar-refractivity contribution in [2.75, 3.05) is 0 Å². The van der Waals surface area contributed by atoms with Crippen LogP contribution in [0.1, 0.15) is 13.3 Å². The van der Waals surface area contributed by atoms with E-state index in [9.17, 15) is 4.79 Å². The van der Waals surface area contributed by atoms with Gasteiger partial charge in [-0.2, -0.15) is 0 Å². The van der Waals surface area contributed by atoms with Crippen LogP contribution >= 0.6 is 0 Å². The van der Waals surface area contributed by atoms with E-state index in [4.69, 9.17) is 0 Å². The Bertz CT molecular complexity index is 415. The van der Waals surface area contributed by atoms with Gasteiger partial charge in [0.2, 0.25) is 0 Å². The minimum Gasteiger partial charge on any atom is -0.289 e. The van der Waals surface area contributed by atoms with Crippen molar-refractivity contribution in [1.82, 2.24) is 0 Å². The van der Waals surface area contributed by atoms with Crippen LogP contribution in [0.5, 0.6) is 0 Å². The lowest BCUT2D eigenvalue weighted by atomic mass is 10.0. The van der Waals surface area contributed by atoms with Gasteiger partial charge in [-0.15, -0.1) is 0 Å². The molecule has 0 unspecified atom stereocenters. The lowest BCUT2D eigenvalue weighted by molar-refractivity contribution is -0.111. The minimum atomic E-state index is 0.0213. The number of hydrogen-bond acceptors (Lipinski definition) is 1. The van der Waals surface area contributed by atoms with Gasteiger partial charge in [0.25, 0.3) is 0 Å². The second-order valence-corrected chi connectivity index (χ2v) is 3.36. The molecule has 1 rings (SSSR count). The molecule has 0 aromatic rings. The van der Waals surface area contributed by atoms with Gasteiger partial charge >= 0.3 is 0 Å². The van der Waals surface area contributed by atoms with E-state index in [-0.39, 0.29) is 5.78 Å². The van der Waals surface area contributed by atoms with Crippen molar-refractivity contribution in [2.24, 2.45) is 0 Å². The maximum Gasteiger partial charge on any atom is 0.192 e. The first-order valence-corrected chi connectivity index (χ1v) is 5.33. The van der Waals surface area contributed by atoms with Crippen molar-refractivity contribution in [2.45, 2.75) is 13.3 Å². The van der Waals surface area contributed by atoms with Gasteiger partial charge in [0.15, 0.2) is 5.78 Å². The molecule has 0 aromatic carbocycles. The normalized spacial score (nSPS) is 16.1. The van der Waals surface area contributed by atoms with Gasteiger partial charge in [0.1, 0.15) is 0 Å². The molecule has 0 fully saturated rings. The fourth-order valence-electron chi connectivity index (χ4n) is 1.35. The molecule has 0 spiro atoms. The van der Waals surface area contributed by atoms with Crippen molar-refractivity contribution in [1.29, 1.82) is 0 Å². The van der Waals surface area contributed by atoms with E-state index < -0.39 is 0 Å². The summed E-state index contributed by atoms with van der Waals surface area (Å²) in [6.45, 7) is 5.58. The van der Waals surface area contributed by atoms with Gasteiger partial charge in [-0.05, 0) is 13.3 Å². The van der Waals surface area contributed by atoms with Crippen LogP contribution in [-0.2, 0) is 4.79 Å². The second kappa shape index (κ2) is 6.57. The highest BCUT2D eigenvalue weighted by molar-refractivity contribution is 6.12. The molecule has 1 heteroatoms. The number of allylic oxidation sites excluding steroid dienone is 11. The Labute approximate surface area is 96.9 Å². The third kappa shape index (κ3) is 3.35. The summed E-state index contributed by atoms with van der Waals surface area (Å²) in [6.07, 6.45) is 17.5. The van der Waals surface area contributed by atoms with Crippen molar-refractivity contribution in [3.8, 4) is 0 Å². The zero-order chi connectivity index (χ0) is 11.8. The van der Waals surface area contributed by atoms with Crippen LogP contribution in [0.4, 0.5) is 0 Å². The number of hydrogen-bond donors (Lipinski definition) is 0. The Kier molecular flexibility index (Phi) is 5.00. The Hall–Kier alpha value is -1.89. The highest BCUT2D eigenvalue weighted by Crippen LogP contribution is 2.12. The molecular weight excluding hydrogens is 196 g/mol. The zero-order valence-corrected chi connectivity index (χ0v) is 9.52. The van der Waals surface area contributed by atoms with Crippen LogP contribution in [0.15, 0.2) is 72.4 Å². The predicted molar refractivity (Wildman–Crippen MR) is 69.1 cm³/mol. The highest BCUT2D eigenvalue weighted by Gasteiger charge is 2.09. The molecule has 0 radical (unpaired) electrons. The molecule has 0 saturated heterocycles. The summed E-state index contributed by atoms with van der Waals surface area (Å²) in [6, 6.07) is 0. The third-order valence-electron chi connectivity index (χ3n) is 2.21. The first-order valence-electron chi connectivity index (χ1n) is 5.33. The fourth-order valence-corrected chi connectivity index (χ4v) is 1.35. The van der Waals surface area contributed by atoms with Crippen LogP contribution in [0.3, 0.4) is 0 Å². The summed E-state index contributed by atoms with van der Waals surface area (Å²) in [5, 5.41) is 0. The van der Waals surface area contributed by atoms with Crippen molar-refractivity contribution in [3.05, 3.63) is 72.4 Å². The quantitative estimate of drug-likeness (QED) is 0.513. The number of rotatable bonds is 4. The first-order chi connectivity index (χ1) is 7.79. The van der Waals surface area contributed by atoms with E-state index in [0.29, 0.717) is 5.57 Å². The maximum absolute atomic E-state index is 12.1. The van der Waals surface area contributed by atoms with E-state index in [1.807, 2.05) is 49.5 Å². The van der Waals surface area contributed by atoms with Crippen LogP contribution in [0.2, 0.25) is 0 Å². The van der Waals surface area contributed by atoms with Gasteiger partial charge in [-0.3, -0.25) is 4.79 Å². The van der Waals surface area contributed by atoms with Gasteiger partial charge in [0, 0.05) is 11.1 Å². The van der Waals surface area contributed by atoms with Crippen LogP contribution in [0.25, 0.3) is 0 Å². The summed E-state index contributed by atoms with van der Waals surface area (Å²) in [5.41, 5.74) is 1.34. The Morgan fingerprint density at radius 1 is 1.44 bits per heavy atom. The minimum absolute atomic E-state index is 0.0213. The maximum atomic E-state index is 12.1. The Balaban J connectivity index is 2.91.